The molecule has 0 aliphatic heterocycles. The van der Waals surface area contributed by atoms with E-state index >= 15 is 0 Å². The topological polar surface area (TPSA) is 78.4 Å². The highest BCUT2D eigenvalue weighted by atomic mass is 16.4. The average molecular weight is 216 g/mol. The molecule has 0 aliphatic rings. The predicted octanol–water partition coefficient (Wildman–Crippen LogP) is 0.211. The van der Waals surface area contributed by atoms with Gasteiger partial charge < -0.3 is 15.7 Å². The number of carbonyl (C=O) groups excluding carboxylic acids is 1. The van der Waals surface area contributed by atoms with Crippen molar-refractivity contribution in [3.05, 3.63) is 0 Å². The zero-order valence-corrected chi connectivity index (χ0v) is 9.76. The Kier molecular flexibility index (Phi) is 5.28. The van der Waals surface area contributed by atoms with Crippen molar-refractivity contribution >= 4 is 11.9 Å². The van der Waals surface area contributed by atoms with Crippen LogP contribution in [0.3, 0.4) is 0 Å². The number of aliphatic carboxylic acids is 1. The molecule has 5 nitrogen and oxygen atoms in total. The molecule has 0 saturated heterocycles. The summed E-state index contributed by atoms with van der Waals surface area (Å²) in [5.74, 6) is -0.995. The van der Waals surface area contributed by atoms with Gasteiger partial charge in [-0.3, -0.25) is 9.59 Å². The quantitative estimate of drug-likeness (QED) is 0.593. The zero-order valence-electron chi connectivity index (χ0n) is 9.76. The maximum atomic E-state index is 11.2. The molecule has 0 heterocycles. The molecule has 0 aromatic rings. The Balaban J connectivity index is 3.80. The van der Waals surface area contributed by atoms with Crippen LogP contribution >= 0.6 is 0 Å². The third kappa shape index (κ3) is 6.06. The molecular weight excluding hydrogens is 196 g/mol. The van der Waals surface area contributed by atoms with Crippen LogP contribution in [-0.4, -0.2) is 36.1 Å². The van der Waals surface area contributed by atoms with Crippen LogP contribution in [0.15, 0.2) is 0 Å². The van der Waals surface area contributed by atoms with Gasteiger partial charge in [-0.2, -0.15) is 0 Å². The summed E-state index contributed by atoms with van der Waals surface area (Å²) in [7, 11) is 0. The Morgan fingerprint density at radius 2 is 1.87 bits per heavy atom. The van der Waals surface area contributed by atoms with Gasteiger partial charge in [-0.15, -0.1) is 0 Å². The molecule has 0 aliphatic carbocycles. The molecule has 5 heteroatoms. The van der Waals surface area contributed by atoms with Gasteiger partial charge in [0, 0.05) is 12.6 Å². The number of carboxylic acids is 1. The summed E-state index contributed by atoms with van der Waals surface area (Å²) >= 11 is 0. The van der Waals surface area contributed by atoms with Gasteiger partial charge in [0.2, 0.25) is 5.91 Å². The van der Waals surface area contributed by atoms with Crippen molar-refractivity contribution in [2.24, 2.45) is 5.41 Å². The van der Waals surface area contributed by atoms with Gasteiger partial charge in [-0.25, -0.2) is 0 Å². The number of rotatable bonds is 6. The Morgan fingerprint density at radius 3 is 2.27 bits per heavy atom. The molecule has 0 aromatic heterocycles. The minimum Gasteiger partial charge on any atom is -0.481 e. The van der Waals surface area contributed by atoms with Gasteiger partial charge in [0.15, 0.2) is 0 Å². The molecule has 88 valence electrons. The average Bonchev–Trinajstić information content (AvgIpc) is 2.01. The van der Waals surface area contributed by atoms with Crippen molar-refractivity contribution in [1.29, 1.82) is 0 Å². The van der Waals surface area contributed by atoms with E-state index < -0.39 is 11.4 Å². The first kappa shape index (κ1) is 13.9. The van der Waals surface area contributed by atoms with E-state index in [-0.39, 0.29) is 25.0 Å². The number of nitrogens with one attached hydrogen (secondary N) is 2. The van der Waals surface area contributed by atoms with Crippen molar-refractivity contribution in [1.82, 2.24) is 10.6 Å². The van der Waals surface area contributed by atoms with Crippen LogP contribution in [0, 0.1) is 5.41 Å². The van der Waals surface area contributed by atoms with E-state index in [1.165, 1.54) is 0 Å². The number of amides is 1. The summed E-state index contributed by atoms with van der Waals surface area (Å²) in [5.41, 5.74) is -0.849. The van der Waals surface area contributed by atoms with Crippen LogP contribution in [-0.2, 0) is 9.59 Å². The Hall–Kier alpha value is -1.10. The lowest BCUT2D eigenvalue weighted by Gasteiger charge is -2.19. The molecule has 0 radical (unpaired) electrons. The van der Waals surface area contributed by atoms with Crippen molar-refractivity contribution in [3.63, 3.8) is 0 Å². The van der Waals surface area contributed by atoms with Gasteiger partial charge >= 0.3 is 5.97 Å². The van der Waals surface area contributed by atoms with E-state index in [4.69, 9.17) is 5.11 Å². The molecule has 0 unspecified atom stereocenters. The van der Waals surface area contributed by atoms with Crippen LogP contribution in [0.5, 0.6) is 0 Å². The third-order valence-electron chi connectivity index (χ3n) is 1.88. The first-order chi connectivity index (χ1) is 6.75. The molecule has 0 bridgehead atoms. The Morgan fingerprint density at radius 1 is 1.33 bits per heavy atom. The molecule has 0 aromatic carbocycles. The lowest BCUT2D eigenvalue weighted by molar-refractivity contribution is -0.146. The maximum Gasteiger partial charge on any atom is 0.310 e. The van der Waals surface area contributed by atoms with Crippen LogP contribution in [0.2, 0.25) is 0 Å². The Bertz CT molecular complexity index is 237. The summed E-state index contributed by atoms with van der Waals surface area (Å²) in [6.07, 6.45) is 0. The highest BCUT2D eigenvalue weighted by molar-refractivity contribution is 5.78. The second-order valence-corrected chi connectivity index (χ2v) is 4.51. The fourth-order valence-electron chi connectivity index (χ4n) is 0.937. The Labute approximate surface area is 90.2 Å². The van der Waals surface area contributed by atoms with E-state index in [2.05, 4.69) is 10.6 Å². The van der Waals surface area contributed by atoms with E-state index in [0.29, 0.717) is 0 Å². The highest BCUT2D eigenvalue weighted by Crippen LogP contribution is 2.12. The normalized spacial score (nSPS) is 11.5. The minimum absolute atomic E-state index is 0.104. The number of carbonyl (C=O) groups is 2. The summed E-state index contributed by atoms with van der Waals surface area (Å²) in [6.45, 7) is 7.40. The van der Waals surface area contributed by atoms with Gasteiger partial charge in [0.1, 0.15) is 0 Å². The monoisotopic (exact) mass is 216 g/mol. The lowest BCUT2D eigenvalue weighted by Crippen LogP contribution is -2.42. The lowest BCUT2D eigenvalue weighted by atomic mass is 9.94. The van der Waals surface area contributed by atoms with E-state index in [9.17, 15) is 9.59 Å². The van der Waals surface area contributed by atoms with E-state index in [1.54, 1.807) is 13.8 Å². The summed E-state index contributed by atoms with van der Waals surface area (Å²) in [6, 6.07) is 0.104. The van der Waals surface area contributed by atoms with Crippen LogP contribution in [0.4, 0.5) is 0 Å². The summed E-state index contributed by atoms with van der Waals surface area (Å²) in [5, 5.41) is 14.3. The SMILES string of the molecule is CC(C)NC(=O)CNCC(C)(C)C(=O)O. The molecule has 15 heavy (non-hydrogen) atoms. The van der Waals surface area contributed by atoms with Crippen LogP contribution < -0.4 is 10.6 Å². The van der Waals surface area contributed by atoms with Crippen molar-refractivity contribution in [2.75, 3.05) is 13.1 Å². The van der Waals surface area contributed by atoms with Crippen LogP contribution in [0.1, 0.15) is 27.7 Å². The molecule has 0 fully saturated rings. The van der Waals surface area contributed by atoms with Crippen LogP contribution in [0.25, 0.3) is 0 Å². The fraction of sp³-hybridized carbons (Fsp3) is 0.800. The first-order valence-corrected chi connectivity index (χ1v) is 4.99. The molecule has 0 spiro atoms. The number of hydrogen-bond donors (Lipinski definition) is 3. The zero-order chi connectivity index (χ0) is 12.1. The molecule has 3 N–H and O–H groups in total. The fourth-order valence-corrected chi connectivity index (χ4v) is 0.937. The van der Waals surface area contributed by atoms with E-state index in [0.717, 1.165) is 0 Å². The largest absolute Gasteiger partial charge is 0.481 e. The molecular formula is C10H20N2O3. The first-order valence-electron chi connectivity index (χ1n) is 4.99. The smallest absolute Gasteiger partial charge is 0.310 e. The second kappa shape index (κ2) is 5.70. The maximum absolute atomic E-state index is 11.2. The molecule has 0 atom stereocenters. The number of carboxylic acid groups (broad SMARTS) is 1. The molecule has 1 amide bonds. The minimum atomic E-state index is -0.876. The highest BCUT2D eigenvalue weighted by Gasteiger charge is 2.26. The summed E-state index contributed by atoms with van der Waals surface area (Å²) in [4.78, 5) is 21.9. The number of hydrogen-bond acceptors (Lipinski definition) is 3. The molecule has 0 rings (SSSR count). The molecule has 0 saturated carbocycles. The van der Waals surface area contributed by atoms with Gasteiger partial charge in [0.25, 0.3) is 0 Å². The van der Waals surface area contributed by atoms with Crippen molar-refractivity contribution in [2.45, 2.75) is 33.7 Å². The van der Waals surface area contributed by atoms with E-state index in [1.807, 2.05) is 13.8 Å². The predicted molar refractivity (Wildman–Crippen MR) is 57.6 cm³/mol. The van der Waals surface area contributed by atoms with Gasteiger partial charge in [-0.05, 0) is 27.7 Å². The third-order valence-corrected chi connectivity index (χ3v) is 1.88. The van der Waals surface area contributed by atoms with Gasteiger partial charge in [-0.1, -0.05) is 0 Å². The standard InChI is InChI=1S/C10H20N2O3/c1-7(2)12-8(13)5-11-6-10(3,4)9(14)15/h7,11H,5-6H2,1-4H3,(H,12,13)(H,14,15). The van der Waals surface area contributed by atoms with Crippen molar-refractivity contribution < 1.29 is 14.7 Å². The summed E-state index contributed by atoms with van der Waals surface area (Å²) < 4.78 is 0. The van der Waals surface area contributed by atoms with Crippen molar-refractivity contribution in [3.8, 4) is 0 Å². The van der Waals surface area contributed by atoms with Gasteiger partial charge in [0.05, 0.1) is 12.0 Å². The second-order valence-electron chi connectivity index (χ2n) is 4.51.